The minimum atomic E-state index is 0.594. The molecule has 3 nitrogen and oxygen atoms in total. The third kappa shape index (κ3) is 1.43. The lowest BCUT2D eigenvalue weighted by Gasteiger charge is -2.20. The zero-order valence-corrected chi connectivity index (χ0v) is 4.94. The van der Waals surface area contributed by atoms with Gasteiger partial charge in [-0.2, -0.15) is 0 Å². The highest BCUT2D eigenvalue weighted by Crippen LogP contribution is 2.02. The van der Waals surface area contributed by atoms with Gasteiger partial charge in [-0.05, 0) is 7.05 Å². The molecular formula is C5H10NO2. The van der Waals surface area contributed by atoms with Gasteiger partial charge in [-0.15, -0.1) is 0 Å². The third-order valence-corrected chi connectivity index (χ3v) is 1.02. The van der Waals surface area contributed by atoms with Gasteiger partial charge in [0.05, 0.1) is 19.8 Å². The smallest absolute Gasteiger partial charge is 0.187 e. The number of hydrogen-bond donors (Lipinski definition) is 1. The van der Waals surface area contributed by atoms with Gasteiger partial charge < -0.3 is 9.47 Å². The molecule has 1 saturated heterocycles. The van der Waals surface area contributed by atoms with Gasteiger partial charge in [0.2, 0.25) is 0 Å². The Kier molecular flexibility index (Phi) is 2.27. The first-order valence-electron chi connectivity index (χ1n) is 2.67. The van der Waals surface area contributed by atoms with Gasteiger partial charge in [0, 0.05) is 0 Å². The van der Waals surface area contributed by atoms with Crippen molar-refractivity contribution < 1.29 is 9.47 Å². The summed E-state index contributed by atoms with van der Waals surface area (Å²) in [4.78, 5) is 0. The van der Waals surface area contributed by atoms with Crippen molar-refractivity contribution >= 4 is 0 Å². The second kappa shape index (κ2) is 3.02. The van der Waals surface area contributed by atoms with Crippen LogP contribution >= 0.6 is 0 Å². The fraction of sp³-hybridized carbons (Fsp3) is 0.800. The van der Waals surface area contributed by atoms with Crippen LogP contribution in [0.1, 0.15) is 0 Å². The van der Waals surface area contributed by atoms with Gasteiger partial charge in [0.1, 0.15) is 0 Å². The van der Waals surface area contributed by atoms with Crippen LogP contribution in [-0.4, -0.2) is 26.9 Å². The maximum absolute atomic E-state index is 5.11. The van der Waals surface area contributed by atoms with E-state index >= 15 is 0 Å². The van der Waals surface area contributed by atoms with Crippen LogP contribution in [0.15, 0.2) is 0 Å². The quantitative estimate of drug-likeness (QED) is 0.512. The van der Waals surface area contributed by atoms with E-state index in [1.807, 2.05) is 7.05 Å². The second-order valence-corrected chi connectivity index (χ2v) is 1.57. The zero-order valence-electron chi connectivity index (χ0n) is 4.94. The Hall–Kier alpha value is -0.120. The topological polar surface area (TPSA) is 30.5 Å². The summed E-state index contributed by atoms with van der Waals surface area (Å²) in [6.07, 6.45) is 0.830. The highest BCUT2D eigenvalue weighted by molar-refractivity contribution is 4.73. The van der Waals surface area contributed by atoms with Gasteiger partial charge in [0.15, 0.2) is 6.23 Å². The highest BCUT2D eigenvalue weighted by atomic mass is 16.6. The summed E-state index contributed by atoms with van der Waals surface area (Å²) in [5.41, 5.74) is 0. The number of rotatable bonds is 1. The van der Waals surface area contributed by atoms with Gasteiger partial charge in [-0.3, -0.25) is 5.32 Å². The third-order valence-electron chi connectivity index (χ3n) is 1.02. The van der Waals surface area contributed by atoms with E-state index in [1.54, 1.807) is 0 Å². The first-order chi connectivity index (χ1) is 3.93. The van der Waals surface area contributed by atoms with E-state index in [0.717, 1.165) is 6.23 Å². The van der Waals surface area contributed by atoms with Gasteiger partial charge >= 0.3 is 0 Å². The Morgan fingerprint density at radius 3 is 2.75 bits per heavy atom. The minimum absolute atomic E-state index is 0.594. The fourth-order valence-electron chi connectivity index (χ4n) is 0.575. The largest absolute Gasteiger partial charge is 0.374 e. The summed E-state index contributed by atoms with van der Waals surface area (Å²) in [5, 5.41) is 2.87. The van der Waals surface area contributed by atoms with Crippen LogP contribution in [0.4, 0.5) is 0 Å². The maximum Gasteiger partial charge on any atom is 0.187 e. The normalized spacial score (nSPS) is 23.6. The Labute approximate surface area is 49.0 Å². The molecule has 1 heterocycles. The monoisotopic (exact) mass is 116 g/mol. The molecule has 0 unspecified atom stereocenters. The summed E-state index contributed by atoms with van der Waals surface area (Å²) in [7, 11) is 1.82. The maximum atomic E-state index is 5.11. The molecule has 1 rings (SSSR count). The Morgan fingerprint density at radius 2 is 2.38 bits per heavy atom. The molecule has 1 N–H and O–H groups in total. The van der Waals surface area contributed by atoms with Crippen LogP contribution in [-0.2, 0) is 9.47 Å². The Morgan fingerprint density at radius 1 is 1.50 bits per heavy atom. The molecule has 0 amide bonds. The number of nitrogens with one attached hydrogen (secondary N) is 1. The van der Waals surface area contributed by atoms with E-state index in [-0.39, 0.29) is 0 Å². The van der Waals surface area contributed by atoms with E-state index in [0.29, 0.717) is 19.8 Å². The van der Waals surface area contributed by atoms with Gasteiger partial charge in [-0.25, -0.2) is 0 Å². The van der Waals surface area contributed by atoms with Crippen LogP contribution in [0.2, 0.25) is 0 Å². The lowest BCUT2D eigenvalue weighted by atomic mass is 10.5. The van der Waals surface area contributed by atoms with E-state index in [2.05, 4.69) is 5.32 Å². The van der Waals surface area contributed by atoms with E-state index in [4.69, 9.17) is 9.47 Å². The van der Waals surface area contributed by atoms with E-state index < -0.39 is 0 Å². The summed E-state index contributed by atoms with van der Waals surface area (Å²) in [6.45, 7) is 1.98. The summed E-state index contributed by atoms with van der Waals surface area (Å²) < 4.78 is 10.2. The Balaban J connectivity index is 2.13. The molecule has 1 radical (unpaired) electrons. The second-order valence-electron chi connectivity index (χ2n) is 1.57. The summed E-state index contributed by atoms with van der Waals surface area (Å²) in [5.74, 6) is 0. The highest BCUT2D eigenvalue weighted by Gasteiger charge is 2.11. The zero-order chi connectivity index (χ0) is 5.82. The summed E-state index contributed by atoms with van der Waals surface area (Å²) in [6, 6.07) is 0. The van der Waals surface area contributed by atoms with Crippen LogP contribution < -0.4 is 5.32 Å². The Bertz CT molecular complexity index is 61.4. The van der Waals surface area contributed by atoms with Crippen molar-refractivity contribution in [3.05, 3.63) is 6.23 Å². The lowest BCUT2D eigenvalue weighted by molar-refractivity contribution is -0.0381. The molecule has 47 valence electrons. The molecule has 1 aliphatic heterocycles. The molecule has 0 bridgehead atoms. The van der Waals surface area contributed by atoms with Crippen molar-refractivity contribution in [1.82, 2.24) is 5.32 Å². The van der Waals surface area contributed by atoms with Crippen LogP contribution in [0.25, 0.3) is 0 Å². The molecule has 0 spiro atoms. The number of hydrogen-bond acceptors (Lipinski definition) is 3. The van der Waals surface area contributed by atoms with Crippen molar-refractivity contribution in [2.24, 2.45) is 0 Å². The molecule has 0 aromatic carbocycles. The molecule has 1 fully saturated rings. The molecular weight excluding hydrogens is 106 g/mol. The van der Waals surface area contributed by atoms with E-state index in [1.165, 1.54) is 0 Å². The van der Waals surface area contributed by atoms with Gasteiger partial charge in [-0.1, -0.05) is 0 Å². The number of likely N-dealkylation sites (N-methyl/N-ethyl adjacent to an activating group) is 1. The lowest BCUT2D eigenvalue weighted by Crippen LogP contribution is -2.30. The average molecular weight is 116 g/mol. The molecule has 0 aliphatic carbocycles. The van der Waals surface area contributed by atoms with Gasteiger partial charge in [0.25, 0.3) is 0 Å². The molecule has 3 heteroatoms. The van der Waals surface area contributed by atoms with Crippen LogP contribution in [0.5, 0.6) is 0 Å². The fourth-order valence-corrected chi connectivity index (χ4v) is 0.575. The molecule has 0 atom stereocenters. The first kappa shape index (κ1) is 6.01. The van der Waals surface area contributed by atoms with Crippen LogP contribution in [0, 0.1) is 6.23 Å². The summed E-state index contributed by atoms with van der Waals surface area (Å²) >= 11 is 0. The van der Waals surface area contributed by atoms with Crippen LogP contribution in [0.3, 0.4) is 0 Å². The molecule has 0 aromatic heterocycles. The molecule has 1 aliphatic rings. The average Bonchev–Trinajstić information content (AvgIpc) is 1.90. The van der Waals surface area contributed by atoms with E-state index in [9.17, 15) is 0 Å². The van der Waals surface area contributed by atoms with Crippen molar-refractivity contribution in [3.63, 3.8) is 0 Å². The molecule has 0 aromatic rings. The minimum Gasteiger partial charge on any atom is -0.374 e. The predicted molar refractivity (Wildman–Crippen MR) is 29.1 cm³/mol. The predicted octanol–water partition coefficient (Wildman–Crippen LogP) is -0.258. The van der Waals surface area contributed by atoms with Crippen molar-refractivity contribution in [2.75, 3.05) is 26.9 Å². The standard InChI is InChI=1S/C5H10NO2/c1-6-5-4-7-2-3-8-5/h6H,2-4H2,1H3. The van der Waals surface area contributed by atoms with Crippen molar-refractivity contribution in [1.29, 1.82) is 0 Å². The number of ether oxygens (including phenoxy) is 2. The van der Waals surface area contributed by atoms with Crippen molar-refractivity contribution in [2.45, 2.75) is 0 Å². The molecule has 8 heavy (non-hydrogen) atoms. The van der Waals surface area contributed by atoms with Crippen molar-refractivity contribution in [3.8, 4) is 0 Å². The molecule has 0 saturated carbocycles. The SMILES string of the molecule is CN[C]1COCCO1. The first-order valence-corrected chi connectivity index (χ1v) is 2.67.